The van der Waals surface area contributed by atoms with Gasteiger partial charge >= 0.3 is 0 Å². The molecular weight excluding hydrogens is 611 g/mol. The van der Waals surface area contributed by atoms with Gasteiger partial charge in [-0.2, -0.15) is 0 Å². The first-order valence-electron chi connectivity index (χ1n) is 16.2. The molecule has 1 aliphatic heterocycles. The van der Waals surface area contributed by atoms with Gasteiger partial charge < -0.3 is 10.6 Å². The molecule has 0 aliphatic carbocycles. The lowest BCUT2D eigenvalue weighted by Gasteiger charge is -2.26. The molecule has 1 aliphatic rings. The SMILES string of the molecule is C=C(c1cc(-c2ccc(CNC3=C(C(=O)NC(C)c4ccc(F)c(F)c4)C(C)/C(=C(/C)CC)C=N3)s2)ccc1N=CC(C)C)C(C)C. The second kappa shape index (κ2) is 15.6. The Labute approximate surface area is 282 Å². The van der Waals surface area contributed by atoms with Crippen molar-refractivity contribution in [3.8, 4) is 10.4 Å². The van der Waals surface area contributed by atoms with E-state index < -0.39 is 17.7 Å². The van der Waals surface area contributed by atoms with Gasteiger partial charge in [0.1, 0.15) is 5.82 Å². The van der Waals surface area contributed by atoms with Crippen molar-refractivity contribution in [2.24, 2.45) is 27.7 Å². The first kappa shape index (κ1) is 35.7. The van der Waals surface area contributed by atoms with Crippen LogP contribution in [0.25, 0.3) is 16.0 Å². The molecule has 0 saturated carbocycles. The standard InChI is InChI=1S/C39H46F2N4OS/c1-10-24(6)32-21-44-38(37(26(32)8)39(46)45-27(9)28-11-14-33(40)34(41)18-28)43-20-30-13-16-36(47-30)29-12-15-35(42-19-22(2)3)31(17-29)25(7)23(4)5/h11-19,21-23,26-27,43H,7,10,20H2,1-6,8-9H3,(H,45,46)/b32-24-,42-19?. The van der Waals surface area contributed by atoms with Crippen molar-refractivity contribution in [3.05, 3.63) is 105 Å². The minimum atomic E-state index is -0.948. The Balaban J connectivity index is 1.60. The summed E-state index contributed by atoms with van der Waals surface area (Å²) in [5.74, 6) is -1.25. The van der Waals surface area contributed by atoms with E-state index in [0.717, 1.165) is 61.8 Å². The van der Waals surface area contributed by atoms with E-state index in [1.807, 2.05) is 26.3 Å². The Kier molecular flexibility index (Phi) is 11.9. The summed E-state index contributed by atoms with van der Waals surface area (Å²) in [6.45, 7) is 21.2. The van der Waals surface area contributed by atoms with Gasteiger partial charge in [0.2, 0.25) is 0 Å². The average molecular weight is 657 g/mol. The topological polar surface area (TPSA) is 65.8 Å². The van der Waals surface area contributed by atoms with Gasteiger partial charge in [-0.25, -0.2) is 13.8 Å². The van der Waals surface area contributed by atoms with Gasteiger partial charge in [0, 0.05) is 33.7 Å². The lowest BCUT2D eigenvalue weighted by molar-refractivity contribution is -0.118. The molecule has 2 N–H and O–H groups in total. The van der Waals surface area contributed by atoms with Crippen LogP contribution in [0.4, 0.5) is 14.5 Å². The van der Waals surface area contributed by atoms with Gasteiger partial charge in [0.25, 0.3) is 5.91 Å². The molecule has 2 aromatic carbocycles. The molecule has 47 heavy (non-hydrogen) atoms. The molecule has 5 nitrogen and oxygen atoms in total. The zero-order valence-electron chi connectivity index (χ0n) is 28.7. The van der Waals surface area contributed by atoms with Crippen LogP contribution >= 0.6 is 11.3 Å². The number of amides is 1. The quantitative estimate of drug-likeness (QED) is 0.191. The van der Waals surface area contributed by atoms with Crippen LogP contribution in [0.3, 0.4) is 0 Å². The number of carbonyl (C=O) groups is 1. The molecular formula is C39H46F2N4OS. The number of halogens is 2. The van der Waals surface area contributed by atoms with Crippen molar-refractivity contribution >= 4 is 40.9 Å². The third-order valence-corrected chi connectivity index (χ3v) is 9.61. The van der Waals surface area contributed by atoms with Crippen molar-refractivity contribution < 1.29 is 13.6 Å². The molecule has 2 heterocycles. The maximum Gasteiger partial charge on any atom is 0.252 e. The van der Waals surface area contributed by atoms with E-state index in [9.17, 15) is 13.6 Å². The molecule has 0 bridgehead atoms. The number of hydrogen-bond acceptors (Lipinski definition) is 5. The first-order chi connectivity index (χ1) is 22.3. The minimum Gasteiger partial charge on any atom is -0.365 e. The normalized spacial score (nSPS) is 16.7. The summed E-state index contributed by atoms with van der Waals surface area (Å²) >= 11 is 1.68. The average Bonchev–Trinajstić information content (AvgIpc) is 3.52. The Morgan fingerprint density at radius 2 is 1.81 bits per heavy atom. The lowest BCUT2D eigenvalue weighted by atomic mass is 9.86. The molecule has 1 aromatic heterocycles. The van der Waals surface area contributed by atoms with Crippen molar-refractivity contribution in [2.45, 2.75) is 74.4 Å². The fraction of sp³-hybridized carbons (Fsp3) is 0.359. The summed E-state index contributed by atoms with van der Waals surface area (Å²) in [5, 5.41) is 6.40. The monoisotopic (exact) mass is 656 g/mol. The van der Waals surface area contributed by atoms with Gasteiger partial charge in [0.15, 0.2) is 11.6 Å². The number of rotatable bonds is 12. The van der Waals surface area contributed by atoms with Gasteiger partial charge in [-0.1, -0.05) is 65.8 Å². The molecule has 4 rings (SSSR count). The number of aliphatic imine (C=N–C) groups is 2. The predicted molar refractivity (Wildman–Crippen MR) is 194 cm³/mol. The second-order valence-electron chi connectivity index (χ2n) is 12.8. The third-order valence-electron chi connectivity index (χ3n) is 8.47. The third kappa shape index (κ3) is 8.60. The summed E-state index contributed by atoms with van der Waals surface area (Å²) in [4.78, 5) is 25.4. The number of hydrogen-bond donors (Lipinski definition) is 2. The Hall–Kier alpha value is -4.17. The molecule has 1 amide bonds. The molecule has 0 radical (unpaired) electrons. The van der Waals surface area contributed by atoms with Gasteiger partial charge in [-0.3, -0.25) is 9.79 Å². The fourth-order valence-corrected chi connectivity index (χ4v) is 6.29. The first-order valence-corrected chi connectivity index (χ1v) is 17.1. The largest absolute Gasteiger partial charge is 0.365 e. The van der Waals surface area contributed by atoms with Gasteiger partial charge in [-0.05, 0) is 90.8 Å². The summed E-state index contributed by atoms with van der Waals surface area (Å²) in [7, 11) is 0. The van der Waals surface area contributed by atoms with Gasteiger partial charge in [0.05, 0.1) is 23.8 Å². The fourth-order valence-electron chi connectivity index (χ4n) is 5.34. The summed E-state index contributed by atoms with van der Waals surface area (Å²) < 4.78 is 27.5. The van der Waals surface area contributed by atoms with Crippen LogP contribution in [0.1, 0.15) is 83.9 Å². The van der Waals surface area contributed by atoms with Crippen LogP contribution in [0.15, 0.2) is 87.6 Å². The number of nitrogens with zero attached hydrogens (tertiary/aromatic N) is 2. The highest BCUT2D eigenvalue weighted by atomic mass is 32.1. The van der Waals surface area contributed by atoms with Crippen molar-refractivity contribution in [2.75, 3.05) is 0 Å². The molecule has 2 unspecified atom stereocenters. The van der Waals surface area contributed by atoms with E-state index >= 15 is 0 Å². The van der Waals surface area contributed by atoms with E-state index in [1.54, 1.807) is 18.3 Å². The molecule has 248 valence electrons. The molecule has 3 aromatic rings. The second-order valence-corrected chi connectivity index (χ2v) is 13.9. The Bertz CT molecular complexity index is 1760. The smallest absolute Gasteiger partial charge is 0.252 e. The van der Waals surface area contributed by atoms with E-state index in [0.29, 0.717) is 29.4 Å². The molecule has 0 spiro atoms. The lowest BCUT2D eigenvalue weighted by Crippen LogP contribution is -2.35. The number of nitrogens with one attached hydrogen (secondary N) is 2. The molecule has 0 saturated heterocycles. The summed E-state index contributed by atoms with van der Waals surface area (Å²) in [5.41, 5.74) is 7.27. The zero-order chi connectivity index (χ0) is 34.4. The van der Waals surface area contributed by atoms with E-state index in [-0.39, 0.29) is 17.7 Å². The van der Waals surface area contributed by atoms with E-state index in [4.69, 9.17) is 9.98 Å². The maximum absolute atomic E-state index is 13.9. The summed E-state index contributed by atoms with van der Waals surface area (Å²) in [6.07, 6.45) is 4.64. The molecule has 8 heteroatoms. The Morgan fingerprint density at radius 3 is 2.47 bits per heavy atom. The highest BCUT2D eigenvalue weighted by Gasteiger charge is 2.29. The maximum atomic E-state index is 13.9. The number of carbonyl (C=O) groups excluding carboxylic acids is 1. The highest BCUT2D eigenvalue weighted by molar-refractivity contribution is 7.15. The predicted octanol–water partition coefficient (Wildman–Crippen LogP) is 10.3. The van der Waals surface area contributed by atoms with Crippen LogP contribution in [0.2, 0.25) is 0 Å². The van der Waals surface area contributed by atoms with Crippen LogP contribution < -0.4 is 10.6 Å². The highest BCUT2D eigenvalue weighted by Crippen LogP contribution is 2.37. The van der Waals surface area contributed by atoms with E-state index in [1.165, 1.54) is 6.07 Å². The molecule has 2 atom stereocenters. The molecule has 0 fully saturated rings. The van der Waals surface area contributed by atoms with Crippen molar-refractivity contribution in [3.63, 3.8) is 0 Å². The van der Waals surface area contributed by atoms with Crippen LogP contribution in [-0.2, 0) is 11.3 Å². The van der Waals surface area contributed by atoms with Crippen molar-refractivity contribution in [1.82, 2.24) is 10.6 Å². The Morgan fingerprint density at radius 1 is 1.06 bits per heavy atom. The van der Waals surface area contributed by atoms with Gasteiger partial charge in [-0.15, -0.1) is 11.3 Å². The number of thiophene rings is 1. The van der Waals surface area contributed by atoms with Crippen LogP contribution in [-0.4, -0.2) is 18.3 Å². The van der Waals surface area contributed by atoms with Crippen LogP contribution in [0, 0.1) is 29.4 Å². The van der Waals surface area contributed by atoms with Crippen molar-refractivity contribution in [1.29, 1.82) is 0 Å². The number of allylic oxidation sites excluding steroid dienone is 3. The number of benzene rings is 2. The summed E-state index contributed by atoms with van der Waals surface area (Å²) in [6, 6.07) is 13.7. The zero-order valence-corrected chi connectivity index (χ0v) is 29.5. The van der Waals surface area contributed by atoms with Crippen LogP contribution in [0.5, 0.6) is 0 Å². The minimum absolute atomic E-state index is 0.213. The van der Waals surface area contributed by atoms with E-state index in [2.05, 4.69) is 82.2 Å².